The van der Waals surface area contributed by atoms with E-state index in [2.05, 4.69) is 61.5 Å². The lowest BCUT2D eigenvalue weighted by Crippen LogP contribution is -2.62. The molecule has 182 valence electrons. The summed E-state index contributed by atoms with van der Waals surface area (Å²) in [6.45, 7) is 20.9. The summed E-state index contributed by atoms with van der Waals surface area (Å²) in [6, 6.07) is 0. The van der Waals surface area contributed by atoms with Gasteiger partial charge in [0.2, 0.25) is 0 Å². The lowest BCUT2D eigenvalue weighted by molar-refractivity contribution is -0.168. The predicted molar refractivity (Wildman–Crippen MR) is 135 cm³/mol. The molecule has 4 saturated carbocycles. The molecule has 0 heterocycles. The molecule has 1 nitrogen and oxygen atoms in total. The van der Waals surface area contributed by atoms with E-state index in [1.165, 1.54) is 57.8 Å². The lowest BCUT2D eigenvalue weighted by Gasteiger charge is -2.69. The zero-order valence-corrected chi connectivity index (χ0v) is 22.8. The van der Waals surface area contributed by atoms with Gasteiger partial charge in [0.05, 0.1) is 6.10 Å². The van der Waals surface area contributed by atoms with Crippen LogP contribution in [0.15, 0.2) is 11.6 Å². The summed E-state index contributed by atoms with van der Waals surface area (Å²) in [5.41, 5.74) is 4.05. The van der Waals surface area contributed by atoms with Crippen LogP contribution in [-0.4, -0.2) is 13.2 Å². The Kier molecular flexibility index (Phi) is 5.21. The second kappa shape index (κ2) is 7.11. The van der Waals surface area contributed by atoms with Crippen LogP contribution in [0.3, 0.4) is 0 Å². The molecule has 5 rings (SSSR count). The topological polar surface area (TPSA) is 9.23 Å². The fourth-order valence-electron chi connectivity index (χ4n) is 11.7. The molecule has 0 unspecified atom stereocenters. The van der Waals surface area contributed by atoms with Gasteiger partial charge >= 0.3 is 0 Å². The van der Waals surface area contributed by atoms with Crippen molar-refractivity contribution < 1.29 is 4.74 Å². The van der Waals surface area contributed by atoms with Crippen molar-refractivity contribution in [3.05, 3.63) is 11.6 Å². The van der Waals surface area contributed by atoms with E-state index in [1.54, 1.807) is 0 Å². The number of hydrogen-bond donors (Lipinski definition) is 0. The molecule has 4 fully saturated rings. The number of ether oxygens (including phenoxy) is 1. The molecule has 0 aromatic carbocycles. The monoisotopic (exact) mass is 440 g/mol. The number of hydrogen-bond acceptors (Lipinski definition) is 1. The zero-order valence-electron chi connectivity index (χ0n) is 22.8. The highest BCUT2D eigenvalue weighted by atomic mass is 16.5. The van der Waals surface area contributed by atoms with Gasteiger partial charge < -0.3 is 4.74 Å². The van der Waals surface area contributed by atoms with Crippen LogP contribution in [0.2, 0.25) is 0 Å². The Hall–Kier alpha value is -0.300. The highest BCUT2D eigenvalue weighted by Gasteiger charge is 2.68. The van der Waals surface area contributed by atoms with Crippen LogP contribution in [0, 0.1) is 56.7 Å². The summed E-state index contributed by atoms with van der Waals surface area (Å²) in [5.74, 6) is 4.23. The molecule has 0 bridgehead atoms. The first-order valence-corrected chi connectivity index (χ1v) is 14.1. The van der Waals surface area contributed by atoms with Crippen molar-refractivity contribution in [3.63, 3.8) is 0 Å². The van der Waals surface area contributed by atoms with Gasteiger partial charge in [0.25, 0.3) is 0 Å². The van der Waals surface area contributed by atoms with Gasteiger partial charge in [0, 0.05) is 7.11 Å². The molecule has 0 aromatic rings. The zero-order chi connectivity index (χ0) is 23.3. The average Bonchev–Trinajstić information content (AvgIpc) is 3.08. The Morgan fingerprint density at radius 2 is 1.50 bits per heavy atom. The first kappa shape index (κ1) is 23.4. The van der Waals surface area contributed by atoms with Crippen LogP contribution < -0.4 is 0 Å². The predicted octanol–water partition coefficient (Wildman–Crippen LogP) is 8.68. The fraction of sp³-hybridized carbons (Fsp3) is 0.935. The van der Waals surface area contributed by atoms with Crippen molar-refractivity contribution in [2.75, 3.05) is 7.11 Å². The molecule has 0 aromatic heterocycles. The van der Waals surface area contributed by atoms with E-state index in [4.69, 9.17) is 4.74 Å². The molecule has 1 heteroatoms. The summed E-state index contributed by atoms with van der Waals surface area (Å²) >= 11 is 0. The minimum atomic E-state index is 0.274. The third-order valence-corrected chi connectivity index (χ3v) is 13.5. The Balaban J connectivity index is 1.54. The van der Waals surface area contributed by atoms with Crippen LogP contribution >= 0.6 is 0 Å². The van der Waals surface area contributed by atoms with E-state index in [9.17, 15) is 0 Å². The highest BCUT2D eigenvalue weighted by Crippen LogP contribution is 2.76. The van der Waals surface area contributed by atoms with Crippen LogP contribution in [0.25, 0.3) is 0 Å². The molecular formula is C31H52O. The molecule has 5 aliphatic carbocycles. The fourth-order valence-corrected chi connectivity index (χ4v) is 11.7. The Labute approximate surface area is 199 Å². The largest absolute Gasteiger partial charge is 0.381 e. The summed E-state index contributed by atoms with van der Waals surface area (Å²) in [5, 5.41) is 0. The van der Waals surface area contributed by atoms with Gasteiger partial charge in [0.1, 0.15) is 0 Å². The molecular weight excluding hydrogens is 388 g/mol. The molecule has 5 aliphatic rings. The summed E-state index contributed by atoms with van der Waals surface area (Å²) in [4.78, 5) is 0. The van der Waals surface area contributed by atoms with Crippen LogP contribution in [-0.2, 0) is 4.74 Å². The first-order chi connectivity index (χ1) is 14.9. The number of fused-ring (bicyclic) bond motifs is 7. The van der Waals surface area contributed by atoms with Gasteiger partial charge in [-0.05, 0) is 114 Å². The van der Waals surface area contributed by atoms with E-state index in [0.717, 1.165) is 29.6 Å². The van der Waals surface area contributed by atoms with Crippen LogP contribution in [0.1, 0.15) is 113 Å². The lowest BCUT2D eigenvalue weighted by atomic mass is 9.35. The number of rotatable bonds is 2. The molecule has 0 saturated heterocycles. The summed E-state index contributed by atoms with van der Waals surface area (Å²) < 4.78 is 6.03. The minimum Gasteiger partial charge on any atom is -0.381 e. The quantitative estimate of drug-likeness (QED) is 0.390. The Morgan fingerprint density at radius 1 is 0.812 bits per heavy atom. The molecule has 0 N–H and O–H groups in total. The van der Waals surface area contributed by atoms with Crippen molar-refractivity contribution in [1.82, 2.24) is 0 Å². The standard InChI is InChI=1S/C31H52O/c1-20(2)21-10-13-25-29(21,6)18-19-30(7)23-11-12-24-27(3,4)26(32-9)15-16-28(24,5)22(23)14-17-31(25,30)8/h14,20-21,23-26H,10-13,15-19H2,1-9H3/t21-,23+,24-,25-,26-,28+,29-,30+,31+/m1/s1. The summed E-state index contributed by atoms with van der Waals surface area (Å²) in [7, 11) is 1.94. The number of allylic oxidation sites excluding steroid dienone is 2. The van der Waals surface area contributed by atoms with E-state index in [-0.39, 0.29) is 5.41 Å². The molecule has 0 radical (unpaired) electrons. The number of methoxy groups -OCH3 is 1. The Morgan fingerprint density at radius 3 is 2.16 bits per heavy atom. The molecule has 32 heavy (non-hydrogen) atoms. The minimum absolute atomic E-state index is 0.274. The molecule has 0 spiro atoms. The average molecular weight is 441 g/mol. The second-order valence-electron chi connectivity index (χ2n) is 14.9. The van der Waals surface area contributed by atoms with Crippen LogP contribution in [0.4, 0.5) is 0 Å². The van der Waals surface area contributed by atoms with Gasteiger partial charge in [0.15, 0.2) is 0 Å². The van der Waals surface area contributed by atoms with Gasteiger partial charge in [-0.3, -0.25) is 0 Å². The van der Waals surface area contributed by atoms with E-state index >= 15 is 0 Å². The Bertz CT molecular complexity index is 792. The smallest absolute Gasteiger partial charge is 0.0625 e. The summed E-state index contributed by atoms with van der Waals surface area (Å²) in [6.07, 6.45) is 15.8. The van der Waals surface area contributed by atoms with Crippen molar-refractivity contribution in [2.24, 2.45) is 56.7 Å². The van der Waals surface area contributed by atoms with Crippen molar-refractivity contribution in [3.8, 4) is 0 Å². The van der Waals surface area contributed by atoms with E-state index < -0.39 is 0 Å². The maximum Gasteiger partial charge on any atom is 0.0625 e. The second-order valence-corrected chi connectivity index (χ2v) is 14.9. The van der Waals surface area contributed by atoms with E-state index in [1.807, 2.05) is 12.7 Å². The molecule has 0 aliphatic heterocycles. The third kappa shape index (κ3) is 2.67. The van der Waals surface area contributed by atoms with Gasteiger partial charge in [-0.25, -0.2) is 0 Å². The van der Waals surface area contributed by atoms with Crippen molar-refractivity contribution >= 4 is 0 Å². The van der Waals surface area contributed by atoms with Gasteiger partial charge in [-0.2, -0.15) is 0 Å². The third-order valence-electron chi connectivity index (χ3n) is 13.5. The van der Waals surface area contributed by atoms with Crippen LogP contribution in [0.5, 0.6) is 0 Å². The van der Waals surface area contributed by atoms with Gasteiger partial charge in [-0.1, -0.05) is 67.0 Å². The van der Waals surface area contributed by atoms with Gasteiger partial charge in [-0.15, -0.1) is 0 Å². The molecule has 9 atom stereocenters. The molecule has 0 amide bonds. The maximum absolute atomic E-state index is 6.03. The first-order valence-electron chi connectivity index (χ1n) is 14.1. The van der Waals surface area contributed by atoms with Crippen molar-refractivity contribution in [1.29, 1.82) is 0 Å². The SMILES string of the molecule is CO[C@@H]1CC[C@@]2(C)C3=CC[C@@]4(C)[C@@H]5CC[C@H](C(C)C)[C@@]5(C)CC[C@@]4(C)[C@H]3CC[C@@H]2C1(C)C. The van der Waals surface area contributed by atoms with E-state index in [0.29, 0.717) is 27.8 Å². The maximum atomic E-state index is 6.03. The highest BCUT2D eigenvalue weighted by molar-refractivity contribution is 5.33. The normalized spacial score (nSPS) is 54.3. The van der Waals surface area contributed by atoms with Crippen molar-refractivity contribution in [2.45, 2.75) is 119 Å².